The molecule has 0 aliphatic carbocycles. The molecule has 2 nitrogen and oxygen atoms in total. The number of nitrogens with one attached hydrogen (secondary N) is 1. The van der Waals surface area contributed by atoms with E-state index in [2.05, 4.69) is 40.5 Å². The van der Waals surface area contributed by atoms with E-state index in [0.717, 1.165) is 12.0 Å². The molecule has 0 amide bonds. The Balaban J connectivity index is 1.65. The highest BCUT2D eigenvalue weighted by atomic mass is 15.2. The van der Waals surface area contributed by atoms with E-state index in [1.807, 2.05) is 0 Å². The van der Waals surface area contributed by atoms with Crippen molar-refractivity contribution in [3.8, 4) is 0 Å². The molecule has 1 aromatic carbocycles. The van der Waals surface area contributed by atoms with Gasteiger partial charge in [0.1, 0.15) is 0 Å². The lowest BCUT2D eigenvalue weighted by molar-refractivity contribution is 0.177. The summed E-state index contributed by atoms with van der Waals surface area (Å²) in [7, 11) is 0. The number of nitrogens with zero attached hydrogens (tertiary/aromatic N) is 1. The van der Waals surface area contributed by atoms with Crippen molar-refractivity contribution in [1.29, 1.82) is 0 Å². The van der Waals surface area contributed by atoms with E-state index >= 15 is 0 Å². The number of hydrogen-bond acceptors (Lipinski definition) is 2. The van der Waals surface area contributed by atoms with Gasteiger partial charge in [0.05, 0.1) is 0 Å². The zero-order valence-electron chi connectivity index (χ0n) is 9.02. The molecule has 2 saturated heterocycles. The number of rotatable bonds is 2. The Morgan fingerprint density at radius 1 is 1.13 bits per heavy atom. The van der Waals surface area contributed by atoms with Crippen LogP contribution < -0.4 is 5.32 Å². The smallest absolute Gasteiger partial charge is 0.0345 e. The third kappa shape index (κ3) is 1.80. The molecule has 2 heteroatoms. The summed E-state index contributed by atoms with van der Waals surface area (Å²) in [6.45, 7) is 4.94. The van der Waals surface area contributed by atoms with Gasteiger partial charge >= 0.3 is 0 Å². The summed E-state index contributed by atoms with van der Waals surface area (Å²) in [6, 6.07) is 11.8. The highest BCUT2D eigenvalue weighted by Gasteiger charge is 2.31. The molecule has 0 radical (unpaired) electrons. The largest absolute Gasteiger partial charge is 0.314 e. The molecule has 0 aromatic heterocycles. The second kappa shape index (κ2) is 3.95. The zero-order valence-corrected chi connectivity index (χ0v) is 9.02. The fourth-order valence-electron chi connectivity index (χ4n) is 2.65. The normalized spacial score (nSPS) is 27.9. The fraction of sp³-hybridized carbons (Fsp3) is 0.538. The van der Waals surface area contributed by atoms with Gasteiger partial charge in [-0.25, -0.2) is 0 Å². The summed E-state index contributed by atoms with van der Waals surface area (Å²) in [4.78, 5) is 2.65. The Kier molecular flexibility index (Phi) is 2.47. The van der Waals surface area contributed by atoms with E-state index in [-0.39, 0.29) is 0 Å². The SMILES string of the molecule is c1ccc(C2CCN(C3CNC3)C2)cc1. The van der Waals surface area contributed by atoms with Crippen LogP contribution in [0.5, 0.6) is 0 Å². The molecule has 2 heterocycles. The number of benzene rings is 1. The third-order valence-corrected chi connectivity index (χ3v) is 3.77. The van der Waals surface area contributed by atoms with Gasteiger partial charge in [-0.1, -0.05) is 30.3 Å². The number of likely N-dealkylation sites (tertiary alicyclic amines) is 1. The molecule has 1 atom stereocenters. The van der Waals surface area contributed by atoms with Gasteiger partial charge in [-0.15, -0.1) is 0 Å². The van der Waals surface area contributed by atoms with Gasteiger partial charge in [-0.2, -0.15) is 0 Å². The van der Waals surface area contributed by atoms with E-state index in [9.17, 15) is 0 Å². The Labute approximate surface area is 91.3 Å². The predicted octanol–water partition coefficient (Wildman–Crippen LogP) is 1.45. The first-order valence-electron chi connectivity index (χ1n) is 5.93. The minimum Gasteiger partial charge on any atom is -0.314 e. The third-order valence-electron chi connectivity index (χ3n) is 3.77. The lowest BCUT2D eigenvalue weighted by Crippen LogP contribution is -2.56. The Morgan fingerprint density at radius 3 is 2.60 bits per heavy atom. The second-order valence-electron chi connectivity index (χ2n) is 4.70. The fourth-order valence-corrected chi connectivity index (χ4v) is 2.65. The summed E-state index contributed by atoms with van der Waals surface area (Å²) in [5.41, 5.74) is 1.52. The van der Waals surface area contributed by atoms with Crippen molar-refractivity contribution in [2.24, 2.45) is 0 Å². The van der Waals surface area contributed by atoms with E-state index in [1.165, 1.54) is 38.2 Å². The molecule has 15 heavy (non-hydrogen) atoms. The van der Waals surface area contributed by atoms with Gasteiger partial charge < -0.3 is 5.32 Å². The minimum absolute atomic E-state index is 0.770. The van der Waals surface area contributed by atoms with E-state index in [0.29, 0.717) is 0 Å². The maximum atomic E-state index is 3.35. The first-order valence-corrected chi connectivity index (χ1v) is 5.93. The Bertz CT molecular complexity index is 319. The van der Waals surface area contributed by atoms with Crippen LogP contribution in [-0.4, -0.2) is 37.1 Å². The predicted molar refractivity (Wildman–Crippen MR) is 62.0 cm³/mol. The van der Waals surface area contributed by atoms with Crippen molar-refractivity contribution >= 4 is 0 Å². The molecule has 2 fully saturated rings. The van der Waals surface area contributed by atoms with Gasteiger partial charge in [-0.3, -0.25) is 4.90 Å². The molecule has 1 unspecified atom stereocenters. The minimum atomic E-state index is 0.770. The Hall–Kier alpha value is -0.860. The van der Waals surface area contributed by atoms with Crippen LogP contribution in [0, 0.1) is 0 Å². The van der Waals surface area contributed by atoms with Gasteiger partial charge in [0, 0.05) is 25.7 Å². The second-order valence-corrected chi connectivity index (χ2v) is 4.70. The van der Waals surface area contributed by atoms with Gasteiger partial charge in [-0.05, 0) is 24.4 Å². The highest BCUT2D eigenvalue weighted by Crippen LogP contribution is 2.28. The average molecular weight is 202 g/mol. The summed E-state index contributed by atoms with van der Waals surface area (Å²) in [5, 5.41) is 3.35. The molecular formula is C13H18N2. The van der Waals surface area contributed by atoms with Crippen molar-refractivity contribution in [3.63, 3.8) is 0 Å². The van der Waals surface area contributed by atoms with Crippen LogP contribution in [0.4, 0.5) is 0 Å². The van der Waals surface area contributed by atoms with Gasteiger partial charge in [0.15, 0.2) is 0 Å². The van der Waals surface area contributed by atoms with Crippen molar-refractivity contribution in [2.75, 3.05) is 26.2 Å². The summed E-state index contributed by atoms with van der Waals surface area (Å²) < 4.78 is 0. The van der Waals surface area contributed by atoms with E-state index < -0.39 is 0 Å². The van der Waals surface area contributed by atoms with Crippen LogP contribution in [0.15, 0.2) is 30.3 Å². The quantitative estimate of drug-likeness (QED) is 0.781. The van der Waals surface area contributed by atoms with Crippen LogP contribution in [-0.2, 0) is 0 Å². The maximum absolute atomic E-state index is 3.35. The lowest BCUT2D eigenvalue weighted by Gasteiger charge is -2.35. The van der Waals surface area contributed by atoms with Crippen molar-refractivity contribution < 1.29 is 0 Å². The number of hydrogen-bond donors (Lipinski definition) is 1. The van der Waals surface area contributed by atoms with E-state index in [1.54, 1.807) is 0 Å². The van der Waals surface area contributed by atoms with Crippen molar-refractivity contribution in [2.45, 2.75) is 18.4 Å². The summed E-state index contributed by atoms with van der Waals surface area (Å²) in [6.07, 6.45) is 1.33. The average Bonchev–Trinajstić information content (AvgIpc) is 2.66. The van der Waals surface area contributed by atoms with Crippen molar-refractivity contribution in [1.82, 2.24) is 10.2 Å². The van der Waals surface area contributed by atoms with Crippen LogP contribution in [0.1, 0.15) is 17.9 Å². The first kappa shape index (κ1) is 9.37. The molecule has 1 aromatic rings. The van der Waals surface area contributed by atoms with Gasteiger partial charge in [0.2, 0.25) is 0 Å². The molecule has 3 rings (SSSR count). The lowest BCUT2D eigenvalue weighted by atomic mass is 9.99. The van der Waals surface area contributed by atoms with E-state index in [4.69, 9.17) is 0 Å². The van der Waals surface area contributed by atoms with Crippen LogP contribution >= 0.6 is 0 Å². The molecule has 0 bridgehead atoms. The Morgan fingerprint density at radius 2 is 1.93 bits per heavy atom. The molecule has 0 spiro atoms. The zero-order chi connectivity index (χ0) is 10.1. The molecular weight excluding hydrogens is 184 g/mol. The molecule has 0 saturated carbocycles. The highest BCUT2D eigenvalue weighted by molar-refractivity contribution is 5.21. The van der Waals surface area contributed by atoms with Crippen LogP contribution in [0.25, 0.3) is 0 Å². The molecule has 2 aliphatic rings. The van der Waals surface area contributed by atoms with Crippen molar-refractivity contribution in [3.05, 3.63) is 35.9 Å². The maximum Gasteiger partial charge on any atom is 0.0345 e. The summed E-state index contributed by atoms with van der Waals surface area (Å²) >= 11 is 0. The molecule has 1 N–H and O–H groups in total. The first-order chi connectivity index (χ1) is 7.43. The van der Waals surface area contributed by atoms with Crippen LogP contribution in [0.2, 0.25) is 0 Å². The molecule has 2 aliphatic heterocycles. The monoisotopic (exact) mass is 202 g/mol. The summed E-state index contributed by atoms with van der Waals surface area (Å²) in [5.74, 6) is 0.770. The van der Waals surface area contributed by atoms with Gasteiger partial charge in [0.25, 0.3) is 0 Å². The van der Waals surface area contributed by atoms with Crippen LogP contribution in [0.3, 0.4) is 0 Å². The standard InChI is InChI=1S/C13H18N2/c1-2-4-11(5-3-1)12-6-7-15(10-12)13-8-14-9-13/h1-5,12-14H,6-10H2. The molecule has 80 valence electrons. The topological polar surface area (TPSA) is 15.3 Å².